The smallest absolute Gasteiger partial charge is 0.387 e. The number of nitrogens with zero attached hydrogens (tertiary/aromatic N) is 1. The number of thiazole rings is 1. The molecule has 19 heavy (non-hydrogen) atoms. The van der Waals surface area contributed by atoms with E-state index in [1.807, 2.05) is 0 Å². The largest absolute Gasteiger partial charge is 0.411 e. The number of rotatable bonds is 6. The van der Waals surface area contributed by atoms with Crippen molar-refractivity contribution in [2.45, 2.75) is 25.6 Å². The van der Waals surface area contributed by atoms with Crippen LogP contribution in [0.2, 0.25) is 0 Å². The number of nitrogens with one attached hydrogen (secondary N) is 1. The molecule has 0 aliphatic rings. The number of aromatic nitrogens is 1. The van der Waals surface area contributed by atoms with Crippen LogP contribution in [0.5, 0.6) is 0 Å². The first-order chi connectivity index (χ1) is 8.78. The number of hydrogen-bond acceptors (Lipinski definition) is 5. The van der Waals surface area contributed by atoms with Gasteiger partial charge in [0.1, 0.15) is 6.61 Å². The van der Waals surface area contributed by atoms with Crippen molar-refractivity contribution in [3.63, 3.8) is 0 Å². The summed E-state index contributed by atoms with van der Waals surface area (Å²) in [7, 11) is 0. The fourth-order valence-electron chi connectivity index (χ4n) is 1.07. The predicted molar refractivity (Wildman–Crippen MR) is 62.9 cm³/mol. The van der Waals surface area contributed by atoms with Gasteiger partial charge in [-0.05, 0) is 6.92 Å². The third-order valence-electron chi connectivity index (χ3n) is 1.94. The lowest BCUT2D eigenvalue weighted by molar-refractivity contribution is -0.174. The zero-order valence-corrected chi connectivity index (χ0v) is 10.8. The minimum atomic E-state index is -4.39. The minimum absolute atomic E-state index is 0.195. The zero-order chi connectivity index (χ0) is 14.5. The van der Waals surface area contributed by atoms with Crippen molar-refractivity contribution in [1.82, 2.24) is 4.98 Å². The first-order valence-electron chi connectivity index (χ1n) is 5.36. The van der Waals surface area contributed by atoms with Gasteiger partial charge in [-0.25, -0.2) is 4.98 Å². The molecule has 0 aromatic carbocycles. The van der Waals surface area contributed by atoms with E-state index >= 15 is 0 Å². The van der Waals surface area contributed by atoms with Gasteiger partial charge in [0.05, 0.1) is 24.8 Å². The number of aliphatic hydroxyl groups excluding tert-OH is 1. The number of carbonyl (C=O) groups excluding carboxylic acids is 1. The quantitative estimate of drug-likeness (QED) is 0.789. The topological polar surface area (TPSA) is 71.5 Å². The molecule has 0 radical (unpaired) electrons. The molecule has 1 unspecified atom stereocenters. The molecule has 0 bridgehead atoms. The molecule has 0 aliphatic heterocycles. The molecule has 1 atom stereocenters. The SMILES string of the molecule is CC(O)c1csc(NC(=O)CCOCC(F)(F)F)n1. The number of aliphatic hydroxyl groups is 1. The summed E-state index contributed by atoms with van der Waals surface area (Å²) >= 11 is 1.13. The van der Waals surface area contributed by atoms with Crippen LogP contribution in [-0.2, 0) is 9.53 Å². The molecule has 2 N–H and O–H groups in total. The standard InChI is InChI=1S/C10H13F3N2O3S/c1-6(16)7-4-19-9(14-7)15-8(17)2-3-18-5-10(11,12)13/h4,6,16H,2-3,5H2,1H3,(H,14,15,17). The van der Waals surface area contributed by atoms with Crippen LogP contribution in [0, 0.1) is 0 Å². The van der Waals surface area contributed by atoms with Crippen molar-refractivity contribution in [3.05, 3.63) is 11.1 Å². The van der Waals surface area contributed by atoms with Gasteiger partial charge >= 0.3 is 6.18 Å². The Morgan fingerprint density at radius 2 is 2.32 bits per heavy atom. The highest BCUT2D eigenvalue weighted by molar-refractivity contribution is 7.13. The van der Waals surface area contributed by atoms with Crippen LogP contribution in [0.4, 0.5) is 18.3 Å². The number of ether oxygens (including phenoxy) is 1. The normalized spacial score (nSPS) is 13.3. The summed E-state index contributed by atoms with van der Waals surface area (Å²) in [5.74, 6) is -0.492. The fraction of sp³-hybridized carbons (Fsp3) is 0.600. The summed E-state index contributed by atoms with van der Waals surface area (Å²) in [4.78, 5) is 15.3. The van der Waals surface area contributed by atoms with Gasteiger partial charge in [0.2, 0.25) is 5.91 Å². The lowest BCUT2D eigenvalue weighted by Crippen LogP contribution is -2.20. The van der Waals surface area contributed by atoms with E-state index in [9.17, 15) is 23.1 Å². The van der Waals surface area contributed by atoms with E-state index in [4.69, 9.17) is 0 Å². The van der Waals surface area contributed by atoms with Gasteiger partial charge in [-0.3, -0.25) is 4.79 Å². The Kier molecular flexibility index (Phi) is 5.70. The third-order valence-corrected chi connectivity index (χ3v) is 2.71. The van der Waals surface area contributed by atoms with E-state index in [1.165, 1.54) is 6.92 Å². The summed E-state index contributed by atoms with van der Waals surface area (Å²) in [6.07, 6.45) is -5.32. The van der Waals surface area contributed by atoms with Crippen LogP contribution in [0.25, 0.3) is 0 Å². The van der Waals surface area contributed by atoms with Gasteiger partial charge in [0, 0.05) is 5.38 Å². The maximum atomic E-state index is 11.7. The number of amides is 1. The van der Waals surface area contributed by atoms with E-state index in [2.05, 4.69) is 15.0 Å². The molecule has 1 aromatic heterocycles. The summed E-state index contributed by atoms with van der Waals surface area (Å²) in [5.41, 5.74) is 0.425. The van der Waals surface area contributed by atoms with Gasteiger partial charge in [-0.15, -0.1) is 11.3 Å². The Morgan fingerprint density at radius 3 is 2.84 bits per heavy atom. The molecule has 0 spiro atoms. The van der Waals surface area contributed by atoms with Crippen LogP contribution >= 0.6 is 11.3 Å². The van der Waals surface area contributed by atoms with Crippen LogP contribution in [0.15, 0.2) is 5.38 Å². The van der Waals surface area contributed by atoms with Crippen molar-refractivity contribution in [2.75, 3.05) is 18.5 Å². The summed E-state index contributed by atoms with van der Waals surface area (Å²) in [6.45, 7) is -0.157. The van der Waals surface area contributed by atoms with Crippen LogP contribution in [0.1, 0.15) is 25.1 Å². The maximum absolute atomic E-state index is 11.7. The average Bonchev–Trinajstić information content (AvgIpc) is 2.71. The molecule has 0 fully saturated rings. The molecular formula is C10H13F3N2O3S. The molecule has 1 heterocycles. The minimum Gasteiger partial charge on any atom is -0.387 e. The number of carbonyl (C=O) groups is 1. The molecule has 0 saturated heterocycles. The van der Waals surface area contributed by atoms with Crippen LogP contribution < -0.4 is 5.32 Å². The van der Waals surface area contributed by atoms with Crippen molar-refractivity contribution >= 4 is 22.4 Å². The molecule has 1 rings (SSSR count). The first-order valence-corrected chi connectivity index (χ1v) is 6.24. The fourth-order valence-corrected chi connectivity index (χ4v) is 1.88. The number of alkyl halides is 3. The third kappa shape index (κ3) is 6.50. The Bertz CT molecular complexity index is 420. The van der Waals surface area contributed by atoms with E-state index in [1.54, 1.807) is 5.38 Å². The summed E-state index contributed by atoms with van der Waals surface area (Å²) in [6, 6.07) is 0. The molecule has 5 nitrogen and oxygen atoms in total. The second kappa shape index (κ2) is 6.83. The molecule has 1 aromatic rings. The first kappa shape index (κ1) is 15.9. The molecule has 9 heteroatoms. The second-order valence-corrected chi connectivity index (χ2v) is 4.58. The molecule has 108 valence electrons. The van der Waals surface area contributed by atoms with Crippen LogP contribution in [-0.4, -0.2) is 35.4 Å². The van der Waals surface area contributed by atoms with E-state index in [-0.39, 0.29) is 18.2 Å². The predicted octanol–water partition coefficient (Wildman–Crippen LogP) is 2.10. The summed E-state index contributed by atoms with van der Waals surface area (Å²) < 4.78 is 39.6. The lowest BCUT2D eigenvalue weighted by Gasteiger charge is -2.07. The van der Waals surface area contributed by atoms with Gasteiger partial charge in [0.15, 0.2) is 5.13 Å². The van der Waals surface area contributed by atoms with Crippen LogP contribution in [0.3, 0.4) is 0 Å². The van der Waals surface area contributed by atoms with Crippen molar-refractivity contribution < 1.29 is 27.8 Å². The average molecular weight is 298 g/mol. The highest BCUT2D eigenvalue weighted by Crippen LogP contribution is 2.20. The number of anilines is 1. The van der Waals surface area contributed by atoms with Crippen molar-refractivity contribution in [2.24, 2.45) is 0 Å². The zero-order valence-electron chi connectivity index (χ0n) is 10.0. The Balaban J connectivity index is 2.27. The highest BCUT2D eigenvalue weighted by atomic mass is 32.1. The Morgan fingerprint density at radius 1 is 1.63 bits per heavy atom. The van der Waals surface area contributed by atoms with E-state index in [0.29, 0.717) is 5.69 Å². The van der Waals surface area contributed by atoms with Gasteiger partial charge in [0.25, 0.3) is 0 Å². The molecule has 1 amide bonds. The van der Waals surface area contributed by atoms with E-state index < -0.39 is 24.8 Å². The monoisotopic (exact) mass is 298 g/mol. The number of halogens is 3. The second-order valence-electron chi connectivity index (χ2n) is 3.72. The lowest BCUT2D eigenvalue weighted by atomic mass is 10.3. The molecular weight excluding hydrogens is 285 g/mol. The van der Waals surface area contributed by atoms with Gasteiger partial charge < -0.3 is 15.2 Å². The molecule has 0 saturated carbocycles. The molecule has 0 aliphatic carbocycles. The summed E-state index contributed by atoms with van der Waals surface area (Å²) in [5, 5.41) is 13.5. The Hall–Kier alpha value is -1.19. The number of hydrogen-bond donors (Lipinski definition) is 2. The van der Waals surface area contributed by atoms with Gasteiger partial charge in [-0.2, -0.15) is 13.2 Å². The van der Waals surface area contributed by atoms with Crippen molar-refractivity contribution in [3.8, 4) is 0 Å². The Labute approximate surface area is 111 Å². The van der Waals surface area contributed by atoms with E-state index in [0.717, 1.165) is 11.3 Å². The highest BCUT2D eigenvalue weighted by Gasteiger charge is 2.27. The maximum Gasteiger partial charge on any atom is 0.411 e. The van der Waals surface area contributed by atoms with Crippen molar-refractivity contribution in [1.29, 1.82) is 0 Å². The van der Waals surface area contributed by atoms with Gasteiger partial charge in [-0.1, -0.05) is 0 Å².